The van der Waals surface area contributed by atoms with Crippen molar-refractivity contribution in [2.75, 3.05) is 5.32 Å². The Morgan fingerprint density at radius 3 is 2.60 bits per heavy atom. The van der Waals surface area contributed by atoms with Gasteiger partial charge < -0.3 is 15.4 Å². The topological polar surface area (TPSA) is 99.3 Å². The molecule has 0 saturated heterocycles. The highest BCUT2D eigenvalue weighted by Crippen LogP contribution is 2.17. The van der Waals surface area contributed by atoms with E-state index in [-0.39, 0.29) is 11.1 Å². The summed E-state index contributed by atoms with van der Waals surface area (Å²) in [4.78, 5) is 36.7. The van der Waals surface area contributed by atoms with Crippen LogP contribution < -0.4 is 10.9 Å². The average molecular weight is 272 g/mol. The normalized spacial score (nSPS) is 10.1. The molecule has 1 heterocycles. The minimum atomic E-state index is -1.04. The van der Waals surface area contributed by atoms with Gasteiger partial charge >= 0.3 is 5.97 Å². The van der Waals surface area contributed by atoms with Crippen molar-refractivity contribution in [2.24, 2.45) is 0 Å². The van der Waals surface area contributed by atoms with Crippen LogP contribution in [0.15, 0.2) is 41.3 Å². The number of aromatic amines is 1. The van der Waals surface area contributed by atoms with Crippen LogP contribution in [0, 0.1) is 6.92 Å². The van der Waals surface area contributed by atoms with Gasteiger partial charge in [0.15, 0.2) is 0 Å². The fourth-order valence-electron chi connectivity index (χ4n) is 1.73. The van der Waals surface area contributed by atoms with E-state index in [2.05, 4.69) is 10.3 Å². The quantitative estimate of drug-likeness (QED) is 0.790. The molecule has 0 bridgehead atoms. The second kappa shape index (κ2) is 5.40. The Labute approximate surface area is 114 Å². The number of carboxylic acid groups (broad SMARTS) is 1. The zero-order chi connectivity index (χ0) is 14.7. The van der Waals surface area contributed by atoms with Crippen molar-refractivity contribution < 1.29 is 14.7 Å². The van der Waals surface area contributed by atoms with Gasteiger partial charge in [-0.2, -0.15) is 0 Å². The number of aryl methyl sites for hydroxylation is 1. The number of pyridine rings is 1. The fraction of sp³-hybridized carbons (Fsp3) is 0.0714. The Morgan fingerprint density at radius 2 is 2.00 bits per heavy atom. The van der Waals surface area contributed by atoms with Crippen molar-refractivity contribution in [3.05, 3.63) is 63.6 Å². The molecule has 6 nitrogen and oxygen atoms in total. The van der Waals surface area contributed by atoms with E-state index in [1.165, 1.54) is 30.5 Å². The van der Waals surface area contributed by atoms with Crippen molar-refractivity contribution in [1.29, 1.82) is 0 Å². The lowest BCUT2D eigenvalue weighted by Gasteiger charge is -2.08. The van der Waals surface area contributed by atoms with Gasteiger partial charge in [-0.05, 0) is 42.8 Å². The van der Waals surface area contributed by atoms with E-state index in [9.17, 15) is 14.4 Å². The Morgan fingerprint density at radius 1 is 1.25 bits per heavy atom. The molecule has 1 aromatic heterocycles. The van der Waals surface area contributed by atoms with Gasteiger partial charge in [0, 0.05) is 11.9 Å². The molecule has 0 aliphatic heterocycles. The Hall–Kier alpha value is -2.89. The molecule has 6 heteroatoms. The first-order valence-corrected chi connectivity index (χ1v) is 5.82. The van der Waals surface area contributed by atoms with Gasteiger partial charge in [0.1, 0.15) is 5.56 Å². The summed E-state index contributed by atoms with van der Waals surface area (Å²) in [5.74, 6) is -1.58. The third-order valence-electron chi connectivity index (χ3n) is 2.78. The first kappa shape index (κ1) is 13.5. The van der Waals surface area contributed by atoms with Crippen LogP contribution in [0.1, 0.15) is 26.3 Å². The summed E-state index contributed by atoms with van der Waals surface area (Å²) in [6.45, 7) is 1.68. The molecule has 2 rings (SSSR count). The number of carboxylic acids is 1. The number of anilines is 1. The summed E-state index contributed by atoms with van der Waals surface area (Å²) in [5, 5.41) is 11.4. The number of carbonyl (C=O) groups is 2. The van der Waals surface area contributed by atoms with E-state index in [0.717, 1.165) is 0 Å². The molecule has 0 unspecified atom stereocenters. The zero-order valence-corrected chi connectivity index (χ0v) is 10.6. The highest BCUT2D eigenvalue weighted by molar-refractivity contribution is 6.04. The lowest BCUT2D eigenvalue weighted by molar-refractivity contribution is 0.0696. The monoisotopic (exact) mass is 272 g/mol. The summed E-state index contributed by atoms with van der Waals surface area (Å²) in [7, 11) is 0. The molecule has 0 saturated carbocycles. The van der Waals surface area contributed by atoms with Gasteiger partial charge in [0.2, 0.25) is 0 Å². The molecule has 102 valence electrons. The number of nitrogens with one attached hydrogen (secondary N) is 2. The van der Waals surface area contributed by atoms with E-state index in [0.29, 0.717) is 11.3 Å². The summed E-state index contributed by atoms with van der Waals surface area (Å²) < 4.78 is 0. The molecule has 3 N–H and O–H groups in total. The average Bonchev–Trinajstić information content (AvgIpc) is 2.41. The maximum atomic E-state index is 12.0. The van der Waals surface area contributed by atoms with Gasteiger partial charge in [-0.25, -0.2) is 4.79 Å². The Balaban J connectivity index is 2.27. The molecule has 2 aromatic rings. The zero-order valence-electron chi connectivity index (χ0n) is 10.6. The van der Waals surface area contributed by atoms with Crippen LogP contribution in [0.5, 0.6) is 0 Å². The van der Waals surface area contributed by atoms with Crippen LogP contribution in [0.2, 0.25) is 0 Å². The molecule has 0 spiro atoms. The Kier molecular flexibility index (Phi) is 3.65. The van der Waals surface area contributed by atoms with Crippen molar-refractivity contribution in [2.45, 2.75) is 6.92 Å². The summed E-state index contributed by atoms with van der Waals surface area (Å²) >= 11 is 0. The summed E-state index contributed by atoms with van der Waals surface area (Å²) in [6.07, 6.45) is 1.44. The van der Waals surface area contributed by atoms with E-state index < -0.39 is 17.4 Å². The van der Waals surface area contributed by atoms with Gasteiger partial charge in [-0.1, -0.05) is 0 Å². The van der Waals surface area contributed by atoms with E-state index in [1.54, 1.807) is 13.0 Å². The smallest absolute Gasteiger partial charge is 0.335 e. The standard InChI is InChI=1S/C14H12N2O4/c1-8-7-9(14(19)20)4-5-11(8)16-13(18)10-3-2-6-15-12(10)17/h2-7H,1H3,(H,15,17)(H,16,18)(H,19,20). The van der Waals surface area contributed by atoms with Crippen molar-refractivity contribution >= 4 is 17.6 Å². The van der Waals surface area contributed by atoms with Crippen LogP contribution in [-0.2, 0) is 0 Å². The molecule has 1 aromatic carbocycles. The summed E-state index contributed by atoms with van der Waals surface area (Å²) in [5.41, 5.74) is 0.714. The number of carbonyl (C=O) groups excluding carboxylic acids is 1. The highest BCUT2D eigenvalue weighted by atomic mass is 16.4. The maximum Gasteiger partial charge on any atom is 0.335 e. The van der Waals surface area contributed by atoms with Crippen LogP contribution in [0.4, 0.5) is 5.69 Å². The fourth-order valence-corrected chi connectivity index (χ4v) is 1.73. The first-order valence-electron chi connectivity index (χ1n) is 5.82. The summed E-state index contributed by atoms with van der Waals surface area (Å²) in [6, 6.07) is 7.30. The van der Waals surface area contributed by atoms with E-state index >= 15 is 0 Å². The van der Waals surface area contributed by atoms with Crippen molar-refractivity contribution in [1.82, 2.24) is 4.98 Å². The molecule has 0 radical (unpaired) electrons. The third kappa shape index (κ3) is 2.74. The number of rotatable bonds is 3. The number of aromatic carboxylic acids is 1. The van der Waals surface area contributed by atoms with Gasteiger partial charge in [-0.15, -0.1) is 0 Å². The number of aromatic nitrogens is 1. The second-order valence-electron chi connectivity index (χ2n) is 4.20. The van der Waals surface area contributed by atoms with Gasteiger partial charge in [0.25, 0.3) is 11.5 Å². The minimum absolute atomic E-state index is 0.00536. The van der Waals surface area contributed by atoms with E-state index in [4.69, 9.17) is 5.11 Å². The molecule has 20 heavy (non-hydrogen) atoms. The highest BCUT2D eigenvalue weighted by Gasteiger charge is 2.12. The first-order chi connectivity index (χ1) is 9.49. The maximum absolute atomic E-state index is 12.0. The molecule has 0 atom stereocenters. The number of hydrogen-bond donors (Lipinski definition) is 3. The predicted octanol–water partition coefficient (Wildman–Crippen LogP) is 1.63. The number of benzene rings is 1. The third-order valence-corrected chi connectivity index (χ3v) is 2.78. The van der Waals surface area contributed by atoms with Crippen molar-refractivity contribution in [3.63, 3.8) is 0 Å². The van der Waals surface area contributed by atoms with Crippen LogP contribution in [0.3, 0.4) is 0 Å². The largest absolute Gasteiger partial charge is 0.478 e. The lowest BCUT2D eigenvalue weighted by atomic mass is 10.1. The molecule has 1 amide bonds. The SMILES string of the molecule is Cc1cc(C(=O)O)ccc1NC(=O)c1ccc[nH]c1=O. The lowest BCUT2D eigenvalue weighted by Crippen LogP contribution is -2.22. The predicted molar refractivity (Wildman–Crippen MR) is 73.2 cm³/mol. The van der Waals surface area contributed by atoms with Crippen LogP contribution >= 0.6 is 0 Å². The Bertz CT molecular complexity index is 734. The van der Waals surface area contributed by atoms with Crippen molar-refractivity contribution in [3.8, 4) is 0 Å². The second-order valence-corrected chi connectivity index (χ2v) is 4.20. The minimum Gasteiger partial charge on any atom is -0.478 e. The van der Waals surface area contributed by atoms with E-state index in [1.807, 2.05) is 0 Å². The van der Waals surface area contributed by atoms with Gasteiger partial charge in [-0.3, -0.25) is 9.59 Å². The van der Waals surface area contributed by atoms with Gasteiger partial charge in [0.05, 0.1) is 5.56 Å². The molecular weight excluding hydrogens is 260 g/mol. The number of amides is 1. The molecular formula is C14H12N2O4. The number of H-pyrrole nitrogens is 1. The van der Waals surface area contributed by atoms with Crippen LogP contribution in [0.25, 0.3) is 0 Å². The molecule has 0 aliphatic carbocycles. The molecule has 0 aliphatic rings. The van der Waals surface area contributed by atoms with Crippen LogP contribution in [-0.4, -0.2) is 22.0 Å². The molecule has 0 fully saturated rings. The number of hydrogen-bond acceptors (Lipinski definition) is 3.